The number of nitrogens with one attached hydrogen (secondary N) is 2. The van der Waals surface area contributed by atoms with Crippen LogP contribution in [0.4, 0.5) is 5.82 Å². The van der Waals surface area contributed by atoms with Gasteiger partial charge in [-0.3, -0.25) is 9.36 Å². The smallest absolute Gasteiger partial charge is 0.328 e. The number of rotatable bonds is 4. The largest absolute Gasteiger partial charge is 0.497 e. The van der Waals surface area contributed by atoms with Crippen LogP contribution in [0.2, 0.25) is 0 Å². The molecule has 2 aromatic carbocycles. The van der Waals surface area contributed by atoms with Crippen LogP contribution in [0.15, 0.2) is 41.2 Å². The summed E-state index contributed by atoms with van der Waals surface area (Å²) in [7, 11) is 1.64. The number of carbonyl (C=O) groups excluding carboxylic acids is 1. The fourth-order valence-electron chi connectivity index (χ4n) is 5.67. The Balaban J connectivity index is 1.38. The fraction of sp³-hybridized carbons (Fsp3) is 0.400. The number of methoxy groups -OCH3 is 1. The van der Waals surface area contributed by atoms with Crippen molar-refractivity contribution < 1.29 is 14.3 Å². The highest BCUT2D eigenvalue weighted by atomic mass is 16.5. The SMILES string of the molecule is COc1ccc(CNc2nc3nc4c2[nH]c(=O)n4Cc2cc(c4c(c2)CN(C(C)=O)CC4)CCCCCO3)cc1. The van der Waals surface area contributed by atoms with Crippen molar-refractivity contribution in [3.63, 3.8) is 0 Å². The number of amides is 1. The molecule has 4 aromatic rings. The molecule has 0 saturated carbocycles. The van der Waals surface area contributed by atoms with E-state index in [1.807, 2.05) is 29.2 Å². The van der Waals surface area contributed by atoms with Gasteiger partial charge in [-0.15, -0.1) is 0 Å². The van der Waals surface area contributed by atoms with Crippen molar-refractivity contribution in [2.75, 3.05) is 25.6 Å². The number of carbonyl (C=O) groups is 1. The average molecular weight is 543 g/mol. The molecule has 2 N–H and O–H groups in total. The lowest BCUT2D eigenvalue weighted by atomic mass is 9.89. The van der Waals surface area contributed by atoms with Crippen molar-refractivity contribution in [2.24, 2.45) is 0 Å². The molecule has 0 aliphatic carbocycles. The van der Waals surface area contributed by atoms with E-state index in [1.165, 1.54) is 16.7 Å². The maximum Gasteiger partial charge on any atom is 0.328 e. The van der Waals surface area contributed by atoms with Crippen molar-refractivity contribution in [1.29, 1.82) is 0 Å². The average Bonchev–Trinajstić information content (AvgIpc) is 3.27. The van der Waals surface area contributed by atoms with Crippen LogP contribution in [0.3, 0.4) is 0 Å². The van der Waals surface area contributed by atoms with E-state index < -0.39 is 0 Å². The first kappa shape index (κ1) is 25.9. The van der Waals surface area contributed by atoms with Crippen LogP contribution in [0, 0.1) is 0 Å². The van der Waals surface area contributed by atoms with Gasteiger partial charge in [0.15, 0.2) is 11.5 Å². The first-order valence-corrected chi connectivity index (χ1v) is 13.9. The molecule has 10 heteroatoms. The molecule has 208 valence electrons. The molecule has 10 nitrogen and oxygen atoms in total. The van der Waals surface area contributed by atoms with E-state index in [2.05, 4.69) is 32.4 Å². The summed E-state index contributed by atoms with van der Waals surface area (Å²) in [5, 5.41) is 3.36. The Morgan fingerprint density at radius 1 is 1.07 bits per heavy atom. The van der Waals surface area contributed by atoms with Crippen molar-refractivity contribution in [3.8, 4) is 11.8 Å². The predicted molar refractivity (Wildman–Crippen MR) is 152 cm³/mol. The predicted octanol–water partition coefficient (Wildman–Crippen LogP) is 3.80. The van der Waals surface area contributed by atoms with Crippen molar-refractivity contribution in [3.05, 3.63) is 74.7 Å². The summed E-state index contributed by atoms with van der Waals surface area (Å²) in [6.07, 6.45) is 4.78. The van der Waals surface area contributed by atoms with Gasteiger partial charge in [0, 0.05) is 26.6 Å². The number of aryl methyl sites for hydroxylation is 1. The van der Waals surface area contributed by atoms with Crippen LogP contribution in [0.25, 0.3) is 11.2 Å². The molecule has 0 radical (unpaired) electrons. The number of H-pyrrole nitrogens is 1. The van der Waals surface area contributed by atoms with Crippen LogP contribution in [-0.4, -0.2) is 50.6 Å². The van der Waals surface area contributed by atoms with Crippen LogP contribution in [0.5, 0.6) is 11.8 Å². The van der Waals surface area contributed by atoms with E-state index in [9.17, 15) is 9.59 Å². The highest BCUT2D eigenvalue weighted by Gasteiger charge is 2.23. The monoisotopic (exact) mass is 542 g/mol. The fourth-order valence-corrected chi connectivity index (χ4v) is 5.67. The minimum Gasteiger partial charge on any atom is -0.497 e. The molecule has 0 unspecified atom stereocenters. The lowest BCUT2D eigenvalue weighted by Crippen LogP contribution is -2.35. The van der Waals surface area contributed by atoms with E-state index in [0.717, 1.165) is 55.5 Å². The molecule has 2 aliphatic rings. The number of imidazole rings is 1. The first-order chi connectivity index (χ1) is 19.5. The van der Waals surface area contributed by atoms with Gasteiger partial charge in [0.2, 0.25) is 5.91 Å². The molecule has 4 bridgehead atoms. The first-order valence-electron chi connectivity index (χ1n) is 13.9. The second-order valence-electron chi connectivity index (χ2n) is 10.5. The molecule has 0 saturated heterocycles. The zero-order chi connectivity index (χ0) is 27.6. The Morgan fingerprint density at radius 2 is 1.90 bits per heavy atom. The highest BCUT2D eigenvalue weighted by molar-refractivity contribution is 5.83. The zero-order valence-corrected chi connectivity index (χ0v) is 23.0. The lowest BCUT2D eigenvalue weighted by Gasteiger charge is -2.30. The summed E-state index contributed by atoms with van der Waals surface area (Å²) in [5.41, 5.74) is 6.69. The summed E-state index contributed by atoms with van der Waals surface area (Å²) in [6.45, 7) is 4.34. The quantitative estimate of drug-likeness (QED) is 0.403. The Morgan fingerprint density at radius 3 is 2.70 bits per heavy atom. The molecule has 2 aliphatic heterocycles. The summed E-state index contributed by atoms with van der Waals surface area (Å²) in [4.78, 5) is 39.5. The normalized spacial score (nSPS) is 15.3. The molecule has 0 spiro atoms. The molecule has 4 heterocycles. The van der Waals surface area contributed by atoms with E-state index in [-0.39, 0.29) is 17.6 Å². The number of hydrogen-bond donors (Lipinski definition) is 2. The maximum absolute atomic E-state index is 13.3. The van der Waals surface area contributed by atoms with E-state index >= 15 is 0 Å². The third-order valence-corrected chi connectivity index (χ3v) is 7.82. The number of benzene rings is 2. The Hall–Kier alpha value is -4.34. The second-order valence-corrected chi connectivity index (χ2v) is 10.5. The summed E-state index contributed by atoms with van der Waals surface area (Å²) < 4.78 is 12.9. The van der Waals surface area contributed by atoms with Crippen molar-refractivity contribution >= 4 is 22.9 Å². The van der Waals surface area contributed by atoms with Gasteiger partial charge in [0.25, 0.3) is 0 Å². The Bertz CT molecular complexity index is 1610. The van der Waals surface area contributed by atoms with Gasteiger partial charge >= 0.3 is 11.7 Å². The molecular formula is C30H34N6O4. The molecule has 0 atom stereocenters. The van der Waals surface area contributed by atoms with Crippen LogP contribution < -0.4 is 20.5 Å². The van der Waals surface area contributed by atoms with Crippen molar-refractivity contribution in [2.45, 2.75) is 58.7 Å². The van der Waals surface area contributed by atoms with Gasteiger partial charge in [-0.2, -0.15) is 9.97 Å². The van der Waals surface area contributed by atoms with Gasteiger partial charge in [0.05, 0.1) is 20.3 Å². The third kappa shape index (κ3) is 5.25. The third-order valence-electron chi connectivity index (χ3n) is 7.82. The molecule has 6 rings (SSSR count). The molecule has 40 heavy (non-hydrogen) atoms. The van der Waals surface area contributed by atoms with Gasteiger partial charge < -0.3 is 24.7 Å². The number of aromatic amines is 1. The van der Waals surface area contributed by atoms with E-state index in [0.29, 0.717) is 43.2 Å². The maximum atomic E-state index is 13.3. The Labute approximate surface area is 232 Å². The van der Waals surface area contributed by atoms with Gasteiger partial charge in [-0.05, 0) is 72.1 Å². The van der Waals surface area contributed by atoms with E-state index in [4.69, 9.17) is 9.47 Å². The van der Waals surface area contributed by atoms with Crippen LogP contribution >= 0.6 is 0 Å². The summed E-state index contributed by atoms with van der Waals surface area (Å²) in [6, 6.07) is 12.4. The van der Waals surface area contributed by atoms with Crippen LogP contribution in [0.1, 0.15) is 54.0 Å². The van der Waals surface area contributed by atoms with Gasteiger partial charge in [-0.1, -0.05) is 24.3 Å². The number of anilines is 1. The molecular weight excluding hydrogens is 508 g/mol. The number of hydrogen-bond acceptors (Lipinski definition) is 7. The lowest BCUT2D eigenvalue weighted by molar-refractivity contribution is -0.129. The van der Waals surface area contributed by atoms with E-state index in [1.54, 1.807) is 18.6 Å². The Kier molecular flexibility index (Phi) is 7.15. The highest BCUT2D eigenvalue weighted by Crippen LogP contribution is 2.28. The molecule has 0 fully saturated rings. The topological polar surface area (TPSA) is 114 Å². The second kappa shape index (κ2) is 11.0. The van der Waals surface area contributed by atoms with Crippen LogP contribution in [-0.2, 0) is 37.3 Å². The number of fused-ring (bicyclic) bond motifs is 5. The van der Waals surface area contributed by atoms with Gasteiger partial charge in [-0.25, -0.2) is 4.79 Å². The van der Waals surface area contributed by atoms with Crippen molar-refractivity contribution in [1.82, 2.24) is 24.4 Å². The number of aromatic nitrogens is 4. The van der Waals surface area contributed by atoms with Gasteiger partial charge in [0.1, 0.15) is 11.3 Å². The standard InChI is InChI=1S/C30H34N6O4/c1-19(37)35-12-11-25-22-6-4-3-5-13-40-29-33-27(31-16-20-7-9-24(39-2)10-8-20)26-28(34-29)36(30(38)32-26)17-21(14-22)15-23(25)18-35/h7-10,14-15H,3-6,11-13,16-18H2,1-2H3,(H,32,38)(H,31,33,34). The molecule has 1 amide bonds. The number of nitrogens with zero attached hydrogens (tertiary/aromatic N) is 4. The summed E-state index contributed by atoms with van der Waals surface area (Å²) in [5.74, 6) is 1.39. The number of ether oxygens (including phenoxy) is 2. The minimum absolute atomic E-state index is 0.0893. The minimum atomic E-state index is -0.259. The zero-order valence-electron chi connectivity index (χ0n) is 23.0. The molecule has 2 aromatic heterocycles. The summed E-state index contributed by atoms with van der Waals surface area (Å²) >= 11 is 0.